The van der Waals surface area contributed by atoms with E-state index in [0.29, 0.717) is 23.7 Å². The Balaban J connectivity index is 1.56. The largest absolute Gasteiger partial charge is 0.497 e. The van der Waals surface area contributed by atoms with Gasteiger partial charge >= 0.3 is 0 Å². The highest BCUT2D eigenvalue weighted by Crippen LogP contribution is 2.34. The first-order chi connectivity index (χ1) is 13.5. The number of carbonyl (C=O) groups is 2. The van der Waals surface area contributed by atoms with Gasteiger partial charge in [0.2, 0.25) is 0 Å². The van der Waals surface area contributed by atoms with E-state index in [2.05, 4.69) is 26.3 Å². The number of benzene rings is 2. The van der Waals surface area contributed by atoms with Gasteiger partial charge < -0.3 is 9.47 Å². The molecular formula is C19H17BrN4O4. The molecule has 144 valence electrons. The molecular weight excluding hydrogens is 428 g/mol. The molecule has 1 saturated heterocycles. The van der Waals surface area contributed by atoms with E-state index in [-0.39, 0.29) is 11.8 Å². The van der Waals surface area contributed by atoms with Crippen molar-refractivity contribution in [3.05, 3.63) is 52.5 Å². The van der Waals surface area contributed by atoms with Crippen LogP contribution in [-0.2, 0) is 16.1 Å². The monoisotopic (exact) mass is 444 g/mol. The van der Waals surface area contributed by atoms with Crippen molar-refractivity contribution in [2.24, 2.45) is 10.3 Å². The van der Waals surface area contributed by atoms with Gasteiger partial charge in [0.05, 0.1) is 30.9 Å². The molecule has 2 aliphatic heterocycles. The number of hydrogen-bond acceptors (Lipinski definition) is 7. The highest BCUT2D eigenvalue weighted by molar-refractivity contribution is 9.10. The van der Waals surface area contributed by atoms with Crippen LogP contribution in [0.1, 0.15) is 5.56 Å². The summed E-state index contributed by atoms with van der Waals surface area (Å²) in [5.41, 5.74) is 1.41. The van der Waals surface area contributed by atoms with Gasteiger partial charge in [-0.2, -0.15) is 5.11 Å². The highest BCUT2D eigenvalue weighted by Gasteiger charge is 2.54. The molecule has 0 bridgehead atoms. The van der Waals surface area contributed by atoms with Crippen LogP contribution in [0.4, 0.5) is 5.69 Å². The van der Waals surface area contributed by atoms with Gasteiger partial charge in [-0.05, 0) is 57.9 Å². The third kappa shape index (κ3) is 3.01. The number of anilines is 1. The minimum absolute atomic E-state index is 0.335. The zero-order valence-electron chi connectivity index (χ0n) is 15.2. The third-order valence-electron chi connectivity index (χ3n) is 4.75. The van der Waals surface area contributed by atoms with Crippen molar-refractivity contribution >= 4 is 33.4 Å². The molecule has 2 aliphatic rings. The molecule has 1 fully saturated rings. The number of carbonyl (C=O) groups excluding carboxylic acids is 2. The Bertz CT molecular complexity index is 963. The van der Waals surface area contributed by atoms with Gasteiger partial charge in [0.15, 0.2) is 12.1 Å². The predicted octanol–water partition coefficient (Wildman–Crippen LogP) is 2.96. The van der Waals surface area contributed by atoms with E-state index < -0.39 is 12.1 Å². The molecule has 0 saturated carbocycles. The lowest BCUT2D eigenvalue weighted by molar-refractivity contribution is -0.123. The van der Waals surface area contributed by atoms with Crippen LogP contribution in [0.3, 0.4) is 0 Å². The van der Waals surface area contributed by atoms with Gasteiger partial charge in [-0.1, -0.05) is 11.3 Å². The molecule has 2 atom stereocenters. The van der Waals surface area contributed by atoms with E-state index in [4.69, 9.17) is 9.47 Å². The lowest BCUT2D eigenvalue weighted by Crippen LogP contribution is -2.39. The average Bonchev–Trinajstić information content (AvgIpc) is 3.22. The quantitative estimate of drug-likeness (QED) is 0.661. The number of methoxy groups -OCH3 is 2. The van der Waals surface area contributed by atoms with E-state index in [9.17, 15) is 9.59 Å². The predicted molar refractivity (Wildman–Crippen MR) is 104 cm³/mol. The number of halogens is 1. The minimum Gasteiger partial charge on any atom is -0.497 e. The molecule has 0 radical (unpaired) electrons. The van der Waals surface area contributed by atoms with Crippen molar-refractivity contribution < 1.29 is 19.1 Å². The van der Waals surface area contributed by atoms with Gasteiger partial charge in [-0.3, -0.25) is 14.6 Å². The minimum atomic E-state index is -0.823. The Labute approximate surface area is 169 Å². The van der Waals surface area contributed by atoms with Crippen LogP contribution in [0.2, 0.25) is 0 Å². The van der Waals surface area contributed by atoms with Crippen LogP contribution in [0.5, 0.6) is 11.5 Å². The van der Waals surface area contributed by atoms with Gasteiger partial charge in [-0.15, -0.1) is 0 Å². The Hall–Kier alpha value is -2.94. The smallest absolute Gasteiger partial charge is 0.263 e. The summed E-state index contributed by atoms with van der Waals surface area (Å²) in [6, 6.07) is 10.8. The molecule has 0 spiro atoms. The Morgan fingerprint density at radius 1 is 1.04 bits per heavy atom. The normalized spacial score (nSPS) is 20.7. The van der Waals surface area contributed by atoms with Crippen molar-refractivity contribution in [2.75, 3.05) is 19.1 Å². The summed E-state index contributed by atoms with van der Waals surface area (Å²) in [6.07, 6.45) is 0. The first-order valence-corrected chi connectivity index (χ1v) is 9.34. The van der Waals surface area contributed by atoms with E-state index >= 15 is 0 Å². The summed E-state index contributed by atoms with van der Waals surface area (Å²) < 4.78 is 11.2. The first-order valence-electron chi connectivity index (χ1n) is 8.55. The Kier molecular flexibility index (Phi) is 4.76. The van der Waals surface area contributed by atoms with Crippen molar-refractivity contribution in [1.82, 2.24) is 5.01 Å². The molecule has 4 rings (SSSR count). The molecule has 0 aliphatic carbocycles. The second-order valence-electron chi connectivity index (χ2n) is 6.37. The van der Waals surface area contributed by atoms with E-state index in [1.165, 1.54) is 4.90 Å². The third-order valence-corrected chi connectivity index (χ3v) is 5.37. The zero-order valence-corrected chi connectivity index (χ0v) is 16.8. The van der Waals surface area contributed by atoms with Gasteiger partial charge in [0.25, 0.3) is 11.8 Å². The summed E-state index contributed by atoms with van der Waals surface area (Å²) in [5, 5.41) is 9.68. The van der Waals surface area contributed by atoms with Crippen LogP contribution in [-0.4, -0.2) is 43.1 Å². The number of amides is 2. The highest BCUT2D eigenvalue weighted by atomic mass is 79.9. The van der Waals surface area contributed by atoms with Crippen molar-refractivity contribution in [2.45, 2.75) is 18.6 Å². The second-order valence-corrected chi connectivity index (χ2v) is 7.23. The lowest BCUT2D eigenvalue weighted by atomic mass is 10.1. The number of rotatable bonds is 5. The number of ether oxygens (including phenoxy) is 2. The molecule has 0 aromatic heterocycles. The molecule has 2 aromatic rings. The van der Waals surface area contributed by atoms with E-state index in [0.717, 1.165) is 10.0 Å². The maximum atomic E-state index is 13.0. The van der Waals surface area contributed by atoms with Crippen LogP contribution in [0.25, 0.3) is 0 Å². The van der Waals surface area contributed by atoms with Crippen LogP contribution >= 0.6 is 15.9 Å². The molecule has 2 heterocycles. The molecule has 2 amide bonds. The van der Waals surface area contributed by atoms with Gasteiger partial charge in [-0.25, -0.2) is 4.90 Å². The van der Waals surface area contributed by atoms with E-state index in [1.54, 1.807) is 43.5 Å². The van der Waals surface area contributed by atoms with Crippen molar-refractivity contribution in [3.8, 4) is 11.5 Å². The Morgan fingerprint density at radius 3 is 2.43 bits per heavy atom. The number of fused-ring (bicyclic) bond motifs is 1. The summed E-state index contributed by atoms with van der Waals surface area (Å²) in [7, 11) is 3.15. The molecule has 9 heteroatoms. The van der Waals surface area contributed by atoms with Crippen LogP contribution < -0.4 is 14.4 Å². The average molecular weight is 445 g/mol. The number of hydrogen-bond donors (Lipinski definition) is 0. The number of nitrogens with zero attached hydrogens (tertiary/aromatic N) is 4. The maximum Gasteiger partial charge on any atom is 0.263 e. The molecule has 28 heavy (non-hydrogen) atoms. The molecule has 0 N–H and O–H groups in total. The fourth-order valence-corrected chi connectivity index (χ4v) is 3.92. The van der Waals surface area contributed by atoms with Crippen molar-refractivity contribution in [1.29, 1.82) is 0 Å². The fraction of sp³-hybridized carbons (Fsp3) is 0.263. The maximum absolute atomic E-state index is 13.0. The summed E-state index contributed by atoms with van der Waals surface area (Å²) in [5.74, 6) is 0.650. The standard InChI is InChI=1S/C19H17BrN4O4/c1-27-13-6-4-12(5-7-13)24-18(25)16-17(19(24)26)23(22-21-16)10-11-3-8-15(28-2)14(20)9-11/h3-9,16-17H,10H2,1-2H3/t16-,17+/m0/s1. The Morgan fingerprint density at radius 2 is 1.79 bits per heavy atom. The SMILES string of the molecule is COc1ccc(N2C(=O)[C@H]3N=NN(Cc4ccc(OC)c(Br)c4)[C@H]3C2=O)cc1. The molecule has 2 aromatic carbocycles. The van der Waals surface area contributed by atoms with E-state index in [1.807, 2.05) is 18.2 Å². The van der Waals surface area contributed by atoms with Gasteiger partial charge in [0, 0.05) is 0 Å². The second kappa shape index (κ2) is 7.23. The van der Waals surface area contributed by atoms with Crippen LogP contribution in [0, 0.1) is 0 Å². The topological polar surface area (TPSA) is 83.8 Å². The van der Waals surface area contributed by atoms with Gasteiger partial charge in [0.1, 0.15) is 11.5 Å². The molecule has 8 nitrogen and oxygen atoms in total. The van der Waals surface area contributed by atoms with Crippen LogP contribution in [0.15, 0.2) is 57.3 Å². The fourth-order valence-electron chi connectivity index (χ4n) is 3.33. The lowest BCUT2D eigenvalue weighted by Gasteiger charge is -2.21. The zero-order chi connectivity index (χ0) is 19.8. The summed E-state index contributed by atoms with van der Waals surface area (Å²) in [4.78, 5) is 26.9. The van der Waals surface area contributed by atoms with Crippen molar-refractivity contribution in [3.63, 3.8) is 0 Å². The first kappa shape index (κ1) is 18.4. The number of imide groups is 1. The summed E-state index contributed by atoms with van der Waals surface area (Å²) >= 11 is 3.45. The summed E-state index contributed by atoms with van der Waals surface area (Å²) in [6.45, 7) is 0.350. The molecule has 0 unspecified atom stereocenters.